The lowest BCUT2D eigenvalue weighted by Gasteiger charge is -2.10. The SMILES string of the molecule is COCCNC(=O)Cn1c(=O)ccc2cc([N+](=O)[O-])ccc21. The molecule has 8 heteroatoms. The number of methoxy groups -OCH3 is 1. The van der Waals surface area contributed by atoms with Crippen LogP contribution in [0.15, 0.2) is 35.1 Å². The standard InChI is InChI=1S/C14H15N3O5/c1-22-7-6-15-13(18)9-16-12-4-3-11(17(20)21)8-10(12)2-5-14(16)19/h2-5,8H,6-7,9H2,1H3,(H,15,18). The van der Waals surface area contributed by atoms with Crippen molar-refractivity contribution in [3.05, 3.63) is 50.8 Å². The molecule has 1 heterocycles. The largest absolute Gasteiger partial charge is 0.383 e. The molecule has 0 aliphatic rings. The molecule has 0 bridgehead atoms. The Morgan fingerprint density at radius 2 is 2.14 bits per heavy atom. The monoisotopic (exact) mass is 305 g/mol. The molecule has 0 fully saturated rings. The minimum absolute atomic E-state index is 0.0674. The summed E-state index contributed by atoms with van der Waals surface area (Å²) in [5.41, 5.74) is 0.0606. The maximum absolute atomic E-state index is 11.9. The Hall–Kier alpha value is -2.74. The molecule has 8 nitrogen and oxygen atoms in total. The van der Waals surface area contributed by atoms with Crippen LogP contribution in [-0.4, -0.2) is 35.7 Å². The predicted octanol–water partition coefficient (Wildman–Crippen LogP) is 0.672. The number of rotatable bonds is 6. The second-order valence-electron chi connectivity index (χ2n) is 4.60. The Morgan fingerprint density at radius 3 is 2.82 bits per heavy atom. The number of nitro groups is 1. The van der Waals surface area contributed by atoms with Crippen LogP contribution in [0.2, 0.25) is 0 Å². The van der Waals surface area contributed by atoms with Gasteiger partial charge in [0, 0.05) is 37.2 Å². The number of nitrogens with zero attached hydrogens (tertiary/aromatic N) is 2. The van der Waals surface area contributed by atoms with E-state index in [1.165, 1.54) is 42.0 Å². The summed E-state index contributed by atoms with van der Waals surface area (Å²) >= 11 is 0. The van der Waals surface area contributed by atoms with E-state index in [-0.39, 0.29) is 23.7 Å². The van der Waals surface area contributed by atoms with Gasteiger partial charge < -0.3 is 10.1 Å². The van der Waals surface area contributed by atoms with E-state index in [4.69, 9.17) is 4.74 Å². The molecule has 0 aliphatic heterocycles. The highest BCUT2D eigenvalue weighted by molar-refractivity contribution is 5.83. The van der Waals surface area contributed by atoms with Crippen LogP contribution in [0.3, 0.4) is 0 Å². The minimum atomic E-state index is -0.508. The lowest BCUT2D eigenvalue weighted by molar-refractivity contribution is -0.384. The highest BCUT2D eigenvalue weighted by Gasteiger charge is 2.11. The zero-order valence-corrected chi connectivity index (χ0v) is 11.9. The number of carbonyl (C=O) groups is 1. The summed E-state index contributed by atoms with van der Waals surface area (Å²) in [6.07, 6.45) is 0. The lowest BCUT2D eigenvalue weighted by atomic mass is 10.2. The number of pyridine rings is 1. The summed E-state index contributed by atoms with van der Waals surface area (Å²) in [7, 11) is 1.52. The van der Waals surface area contributed by atoms with Gasteiger partial charge in [0.1, 0.15) is 6.54 Å². The quantitative estimate of drug-likeness (QED) is 0.480. The van der Waals surface area contributed by atoms with Crippen LogP contribution in [0.25, 0.3) is 10.9 Å². The lowest BCUT2D eigenvalue weighted by Crippen LogP contribution is -2.33. The fraction of sp³-hybridized carbons (Fsp3) is 0.286. The molecule has 0 aliphatic carbocycles. The first kappa shape index (κ1) is 15.6. The molecule has 2 aromatic rings. The Kier molecular flexibility index (Phi) is 4.84. The molecule has 116 valence electrons. The second kappa shape index (κ2) is 6.81. The van der Waals surface area contributed by atoms with Crippen LogP contribution in [0.4, 0.5) is 5.69 Å². The van der Waals surface area contributed by atoms with E-state index in [1.54, 1.807) is 0 Å². The number of benzene rings is 1. The highest BCUT2D eigenvalue weighted by Crippen LogP contribution is 2.19. The third kappa shape index (κ3) is 3.47. The number of hydrogen-bond donors (Lipinski definition) is 1. The third-order valence-corrected chi connectivity index (χ3v) is 3.11. The first-order chi connectivity index (χ1) is 10.5. The smallest absolute Gasteiger partial charge is 0.270 e. The molecule has 1 aromatic heterocycles. The normalized spacial score (nSPS) is 10.6. The summed E-state index contributed by atoms with van der Waals surface area (Å²) in [6, 6.07) is 6.94. The molecule has 0 saturated carbocycles. The molecule has 0 atom stereocenters. The molecule has 22 heavy (non-hydrogen) atoms. The fourth-order valence-electron chi connectivity index (χ4n) is 2.06. The van der Waals surface area contributed by atoms with Gasteiger partial charge in [0.25, 0.3) is 11.2 Å². The van der Waals surface area contributed by atoms with Gasteiger partial charge in [-0.2, -0.15) is 0 Å². The predicted molar refractivity (Wildman–Crippen MR) is 79.7 cm³/mol. The third-order valence-electron chi connectivity index (χ3n) is 3.11. The van der Waals surface area contributed by atoms with E-state index in [0.29, 0.717) is 24.1 Å². The van der Waals surface area contributed by atoms with Gasteiger partial charge >= 0.3 is 0 Å². The van der Waals surface area contributed by atoms with Gasteiger partial charge in [-0.1, -0.05) is 0 Å². The van der Waals surface area contributed by atoms with Crippen LogP contribution in [0, 0.1) is 10.1 Å². The maximum Gasteiger partial charge on any atom is 0.270 e. The van der Waals surface area contributed by atoms with Crippen molar-refractivity contribution in [1.29, 1.82) is 0 Å². The Morgan fingerprint density at radius 1 is 1.36 bits per heavy atom. The van der Waals surface area contributed by atoms with Crippen molar-refractivity contribution >= 4 is 22.5 Å². The van der Waals surface area contributed by atoms with Crippen molar-refractivity contribution in [2.45, 2.75) is 6.54 Å². The van der Waals surface area contributed by atoms with Crippen LogP contribution in [0.1, 0.15) is 0 Å². The summed E-state index contributed by atoms with van der Waals surface area (Å²) in [5.74, 6) is -0.329. The molecule has 0 saturated heterocycles. The van der Waals surface area contributed by atoms with Crippen molar-refractivity contribution in [3.63, 3.8) is 0 Å². The first-order valence-corrected chi connectivity index (χ1v) is 6.56. The highest BCUT2D eigenvalue weighted by atomic mass is 16.6. The number of aromatic nitrogens is 1. The molecular weight excluding hydrogens is 290 g/mol. The maximum atomic E-state index is 11.9. The molecule has 1 N–H and O–H groups in total. The topological polar surface area (TPSA) is 103 Å². The van der Waals surface area contributed by atoms with Crippen molar-refractivity contribution in [1.82, 2.24) is 9.88 Å². The van der Waals surface area contributed by atoms with Crippen molar-refractivity contribution < 1.29 is 14.5 Å². The molecule has 0 unspecified atom stereocenters. The van der Waals surface area contributed by atoms with E-state index in [0.717, 1.165) is 0 Å². The van der Waals surface area contributed by atoms with Crippen LogP contribution in [0.5, 0.6) is 0 Å². The van der Waals surface area contributed by atoms with Gasteiger partial charge in [0.05, 0.1) is 17.0 Å². The van der Waals surface area contributed by atoms with Gasteiger partial charge in [-0.3, -0.25) is 24.3 Å². The number of nitrogens with one attached hydrogen (secondary N) is 1. The Labute approximate surface area is 125 Å². The number of nitro benzene ring substituents is 1. The number of amides is 1. The molecule has 2 rings (SSSR count). The number of non-ortho nitro benzene ring substituents is 1. The van der Waals surface area contributed by atoms with E-state index >= 15 is 0 Å². The number of carbonyl (C=O) groups excluding carboxylic acids is 1. The Balaban J connectivity index is 2.32. The molecule has 1 amide bonds. The van der Waals surface area contributed by atoms with E-state index < -0.39 is 4.92 Å². The summed E-state index contributed by atoms with van der Waals surface area (Å²) in [4.78, 5) is 34.0. The van der Waals surface area contributed by atoms with E-state index in [9.17, 15) is 19.7 Å². The average Bonchev–Trinajstić information content (AvgIpc) is 2.50. The van der Waals surface area contributed by atoms with Gasteiger partial charge in [-0.05, 0) is 12.1 Å². The van der Waals surface area contributed by atoms with Gasteiger partial charge in [-0.25, -0.2) is 0 Å². The second-order valence-corrected chi connectivity index (χ2v) is 4.60. The number of ether oxygens (including phenoxy) is 1. The number of hydrogen-bond acceptors (Lipinski definition) is 5. The van der Waals surface area contributed by atoms with Crippen LogP contribution < -0.4 is 10.9 Å². The van der Waals surface area contributed by atoms with Gasteiger partial charge in [0.2, 0.25) is 5.91 Å². The average molecular weight is 305 g/mol. The van der Waals surface area contributed by atoms with Crippen molar-refractivity contribution in [3.8, 4) is 0 Å². The van der Waals surface area contributed by atoms with E-state index in [1.807, 2.05) is 0 Å². The van der Waals surface area contributed by atoms with Crippen molar-refractivity contribution in [2.24, 2.45) is 0 Å². The van der Waals surface area contributed by atoms with Crippen molar-refractivity contribution in [2.75, 3.05) is 20.3 Å². The summed E-state index contributed by atoms with van der Waals surface area (Å²) in [5, 5.41) is 13.9. The molecular formula is C14H15N3O5. The number of fused-ring (bicyclic) bond motifs is 1. The van der Waals surface area contributed by atoms with Gasteiger partial charge in [0.15, 0.2) is 0 Å². The first-order valence-electron chi connectivity index (χ1n) is 6.56. The summed E-state index contributed by atoms with van der Waals surface area (Å²) < 4.78 is 6.10. The minimum Gasteiger partial charge on any atom is -0.383 e. The zero-order valence-electron chi connectivity index (χ0n) is 11.9. The van der Waals surface area contributed by atoms with Gasteiger partial charge in [-0.15, -0.1) is 0 Å². The molecule has 0 radical (unpaired) electrons. The molecule has 1 aromatic carbocycles. The Bertz CT molecular complexity index is 769. The zero-order chi connectivity index (χ0) is 16.1. The fourth-order valence-corrected chi connectivity index (χ4v) is 2.06. The molecule has 0 spiro atoms. The van der Waals surface area contributed by atoms with E-state index in [2.05, 4.69) is 5.32 Å². The summed E-state index contributed by atoms with van der Waals surface area (Å²) in [6.45, 7) is 0.570. The van der Waals surface area contributed by atoms with Crippen LogP contribution >= 0.6 is 0 Å². The van der Waals surface area contributed by atoms with Crippen LogP contribution in [-0.2, 0) is 16.1 Å².